The molecule has 0 spiro atoms. The Morgan fingerprint density at radius 1 is 1.24 bits per heavy atom. The molecule has 1 heterocycles. The maximum atomic E-state index is 11.1. The third-order valence-electron chi connectivity index (χ3n) is 2.92. The van der Waals surface area contributed by atoms with E-state index in [-0.39, 0.29) is 4.90 Å². The Hall–Kier alpha value is -2.43. The summed E-state index contributed by atoms with van der Waals surface area (Å²) in [4.78, 5) is 4.06. The molecule has 0 saturated carbocycles. The van der Waals surface area contributed by atoms with Crippen LogP contribution in [-0.2, 0) is 16.4 Å². The van der Waals surface area contributed by atoms with Gasteiger partial charge in [-0.25, -0.2) is 13.6 Å². The van der Waals surface area contributed by atoms with Gasteiger partial charge in [-0.2, -0.15) is 5.26 Å². The molecule has 21 heavy (non-hydrogen) atoms. The van der Waals surface area contributed by atoms with Crippen molar-refractivity contribution < 1.29 is 8.42 Å². The van der Waals surface area contributed by atoms with Gasteiger partial charge in [0.1, 0.15) is 6.07 Å². The molecular weight excluding hydrogens is 288 g/mol. The lowest BCUT2D eigenvalue weighted by Gasteiger charge is -2.07. The second-order valence-corrected chi connectivity index (χ2v) is 5.96. The molecule has 0 aliphatic heterocycles. The number of nitriles is 1. The maximum Gasteiger partial charge on any atom is 0.238 e. The van der Waals surface area contributed by atoms with Crippen LogP contribution in [0.4, 0.5) is 5.69 Å². The minimum Gasteiger partial charge on any atom is -0.382 e. The molecule has 0 bridgehead atoms. The third-order valence-corrected chi connectivity index (χ3v) is 3.85. The number of nitrogens with two attached hydrogens (primary N) is 1. The van der Waals surface area contributed by atoms with E-state index < -0.39 is 10.0 Å². The Morgan fingerprint density at radius 2 is 1.95 bits per heavy atom. The Balaban J connectivity index is 1.97. The standard InChI is InChI=1S/C14H14N4O2S/c15-9-12-6-7-17-10-14(12)18-8-5-11-1-3-13(4-2-11)21(16,19)20/h1-4,6-7,10,18H,5,8H2,(H2,16,19,20). The van der Waals surface area contributed by atoms with Crippen LogP contribution in [-0.4, -0.2) is 19.9 Å². The molecule has 0 fully saturated rings. The fraction of sp³-hybridized carbons (Fsp3) is 0.143. The van der Waals surface area contributed by atoms with E-state index in [1.807, 2.05) is 0 Å². The predicted molar refractivity (Wildman–Crippen MR) is 79.0 cm³/mol. The van der Waals surface area contributed by atoms with E-state index in [1.54, 1.807) is 30.6 Å². The van der Waals surface area contributed by atoms with Crippen LogP contribution >= 0.6 is 0 Å². The van der Waals surface area contributed by atoms with Gasteiger partial charge in [-0.05, 0) is 30.2 Å². The first-order valence-corrected chi connectivity index (χ1v) is 7.75. The van der Waals surface area contributed by atoms with E-state index in [1.165, 1.54) is 12.1 Å². The van der Waals surface area contributed by atoms with Gasteiger partial charge in [-0.3, -0.25) is 4.98 Å². The molecule has 6 nitrogen and oxygen atoms in total. The molecule has 0 atom stereocenters. The van der Waals surface area contributed by atoms with Crippen molar-refractivity contribution in [2.45, 2.75) is 11.3 Å². The molecule has 0 saturated heterocycles. The monoisotopic (exact) mass is 302 g/mol. The minimum absolute atomic E-state index is 0.0956. The van der Waals surface area contributed by atoms with Gasteiger partial charge in [0.25, 0.3) is 0 Å². The molecule has 0 radical (unpaired) electrons. The van der Waals surface area contributed by atoms with E-state index in [4.69, 9.17) is 10.4 Å². The van der Waals surface area contributed by atoms with Gasteiger partial charge in [0.05, 0.1) is 22.3 Å². The topological polar surface area (TPSA) is 109 Å². The summed E-state index contributed by atoms with van der Waals surface area (Å²) >= 11 is 0. The molecule has 108 valence electrons. The van der Waals surface area contributed by atoms with Crippen LogP contribution in [0.15, 0.2) is 47.6 Å². The van der Waals surface area contributed by atoms with Crippen molar-refractivity contribution in [2.75, 3.05) is 11.9 Å². The highest BCUT2D eigenvalue weighted by Crippen LogP contribution is 2.13. The normalized spacial score (nSPS) is 10.9. The number of hydrogen-bond acceptors (Lipinski definition) is 5. The fourth-order valence-corrected chi connectivity index (χ4v) is 2.34. The maximum absolute atomic E-state index is 11.1. The number of rotatable bonds is 5. The first kappa shape index (κ1) is 15.0. The SMILES string of the molecule is N#Cc1ccncc1NCCc1ccc(S(N)(=O)=O)cc1. The number of primary sulfonamides is 1. The minimum atomic E-state index is -3.65. The van der Waals surface area contributed by atoms with E-state index in [0.717, 1.165) is 5.56 Å². The van der Waals surface area contributed by atoms with Crippen molar-refractivity contribution >= 4 is 15.7 Å². The summed E-state index contributed by atoms with van der Waals surface area (Å²) in [5.74, 6) is 0. The van der Waals surface area contributed by atoms with Crippen LogP contribution in [0.2, 0.25) is 0 Å². The molecule has 0 aliphatic carbocycles. The van der Waals surface area contributed by atoms with Crippen LogP contribution < -0.4 is 10.5 Å². The number of benzene rings is 1. The summed E-state index contributed by atoms with van der Waals surface area (Å²) < 4.78 is 22.3. The smallest absolute Gasteiger partial charge is 0.238 e. The average molecular weight is 302 g/mol. The summed E-state index contributed by atoms with van der Waals surface area (Å²) in [6, 6.07) is 10.1. The number of nitrogens with one attached hydrogen (secondary N) is 1. The molecule has 7 heteroatoms. The van der Waals surface area contributed by atoms with E-state index in [9.17, 15) is 8.42 Å². The molecule has 1 aromatic heterocycles. The van der Waals surface area contributed by atoms with E-state index >= 15 is 0 Å². The second kappa shape index (κ2) is 6.35. The number of aromatic nitrogens is 1. The molecule has 0 amide bonds. The van der Waals surface area contributed by atoms with Gasteiger partial charge in [0.2, 0.25) is 10.0 Å². The third kappa shape index (κ3) is 4.02. The van der Waals surface area contributed by atoms with Crippen molar-refractivity contribution in [3.05, 3.63) is 53.9 Å². The lowest BCUT2D eigenvalue weighted by Crippen LogP contribution is -2.12. The van der Waals surface area contributed by atoms with Crippen molar-refractivity contribution in [2.24, 2.45) is 5.14 Å². The zero-order chi connectivity index (χ0) is 15.3. The molecule has 2 aromatic rings. The first-order valence-electron chi connectivity index (χ1n) is 6.20. The van der Waals surface area contributed by atoms with Gasteiger partial charge in [0, 0.05) is 12.7 Å². The summed E-state index contributed by atoms with van der Waals surface area (Å²) in [5.41, 5.74) is 2.19. The Labute approximate surface area is 123 Å². The van der Waals surface area contributed by atoms with Gasteiger partial charge >= 0.3 is 0 Å². The average Bonchev–Trinajstić information content (AvgIpc) is 2.47. The summed E-state index contributed by atoms with van der Waals surface area (Å²) in [5, 5.41) is 17.1. The van der Waals surface area contributed by atoms with Crippen LogP contribution in [0.1, 0.15) is 11.1 Å². The quantitative estimate of drug-likeness (QED) is 0.864. The number of nitrogens with zero attached hydrogens (tertiary/aromatic N) is 2. The molecular formula is C14H14N4O2S. The highest BCUT2D eigenvalue weighted by Gasteiger charge is 2.06. The lowest BCUT2D eigenvalue weighted by molar-refractivity contribution is 0.598. The summed E-state index contributed by atoms with van der Waals surface area (Å²) in [6.45, 7) is 0.606. The zero-order valence-electron chi connectivity index (χ0n) is 11.2. The molecule has 0 aliphatic rings. The number of hydrogen-bond donors (Lipinski definition) is 2. The fourth-order valence-electron chi connectivity index (χ4n) is 1.82. The van der Waals surface area contributed by atoms with Gasteiger partial charge < -0.3 is 5.32 Å². The summed E-state index contributed by atoms with van der Waals surface area (Å²) in [6.07, 6.45) is 3.85. The predicted octanol–water partition coefficient (Wildman–Crippen LogP) is 1.26. The van der Waals surface area contributed by atoms with Crippen molar-refractivity contribution in [3.8, 4) is 6.07 Å². The summed E-state index contributed by atoms with van der Waals surface area (Å²) in [7, 11) is -3.65. The molecule has 1 aromatic carbocycles. The Bertz CT molecular complexity index is 764. The Morgan fingerprint density at radius 3 is 2.57 bits per heavy atom. The molecule has 2 rings (SSSR count). The first-order chi connectivity index (χ1) is 10.0. The van der Waals surface area contributed by atoms with Crippen LogP contribution in [0.5, 0.6) is 0 Å². The lowest BCUT2D eigenvalue weighted by atomic mass is 10.1. The Kier molecular flexibility index (Phi) is 4.52. The highest BCUT2D eigenvalue weighted by molar-refractivity contribution is 7.89. The largest absolute Gasteiger partial charge is 0.382 e. The number of anilines is 1. The zero-order valence-corrected chi connectivity index (χ0v) is 12.0. The molecule has 0 unspecified atom stereocenters. The van der Waals surface area contributed by atoms with Crippen LogP contribution in [0.25, 0.3) is 0 Å². The number of pyridine rings is 1. The van der Waals surface area contributed by atoms with Crippen LogP contribution in [0, 0.1) is 11.3 Å². The van der Waals surface area contributed by atoms with E-state index in [2.05, 4.69) is 16.4 Å². The van der Waals surface area contributed by atoms with Crippen molar-refractivity contribution in [1.82, 2.24) is 4.98 Å². The second-order valence-electron chi connectivity index (χ2n) is 4.40. The van der Waals surface area contributed by atoms with Crippen molar-refractivity contribution in [1.29, 1.82) is 5.26 Å². The van der Waals surface area contributed by atoms with Gasteiger partial charge in [-0.15, -0.1) is 0 Å². The molecule has 3 N–H and O–H groups in total. The van der Waals surface area contributed by atoms with Crippen molar-refractivity contribution in [3.63, 3.8) is 0 Å². The van der Waals surface area contributed by atoms with Gasteiger partial charge in [0.15, 0.2) is 0 Å². The number of sulfonamides is 1. The van der Waals surface area contributed by atoms with Crippen LogP contribution in [0.3, 0.4) is 0 Å². The van der Waals surface area contributed by atoms with Gasteiger partial charge in [-0.1, -0.05) is 12.1 Å². The highest BCUT2D eigenvalue weighted by atomic mass is 32.2. The van der Waals surface area contributed by atoms with E-state index in [0.29, 0.717) is 24.2 Å².